The minimum absolute atomic E-state index is 0.105. The summed E-state index contributed by atoms with van der Waals surface area (Å²) in [5, 5.41) is 5.52. The van der Waals surface area contributed by atoms with Crippen molar-refractivity contribution in [2.24, 2.45) is 0 Å². The van der Waals surface area contributed by atoms with Gasteiger partial charge in [-0.1, -0.05) is 60.7 Å². The number of nitrogens with one attached hydrogen (secondary N) is 2. The van der Waals surface area contributed by atoms with Crippen LogP contribution >= 0.6 is 0 Å². The van der Waals surface area contributed by atoms with E-state index in [1.165, 1.54) is 28.6 Å². The van der Waals surface area contributed by atoms with Crippen molar-refractivity contribution in [1.82, 2.24) is 14.5 Å². The monoisotopic (exact) mass is 562 g/mol. The van der Waals surface area contributed by atoms with E-state index in [0.717, 1.165) is 16.0 Å². The molecule has 2 N–H and O–H groups in total. The molecule has 0 spiro atoms. The van der Waals surface area contributed by atoms with E-state index in [9.17, 15) is 22.8 Å². The third kappa shape index (κ3) is 5.91. The molecule has 0 bridgehead atoms. The van der Waals surface area contributed by atoms with Crippen molar-refractivity contribution in [2.45, 2.75) is 23.3 Å². The molecule has 40 heavy (non-hydrogen) atoms. The Labute approximate surface area is 233 Å². The molecule has 10 nitrogen and oxygen atoms in total. The van der Waals surface area contributed by atoms with Crippen LogP contribution in [0.25, 0.3) is 0 Å². The minimum atomic E-state index is -3.67. The summed E-state index contributed by atoms with van der Waals surface area (Å²) < 4.78 is 32.3. The third-order valence-electron chi connectivity index (χ3n) is 6.99. The Balaban J connectivity index is 1.28. The largest absolute Gasteiger partial charge is 0.379 e. The van der Waals surface area contributed by atoms with Gasteiger partial charge in [-0.25, -0.2) is 13.2 Å². The fraction of sp³-hybridized carbons (Fsp3) is 0.276. The Bertz CT molecular complexity index is 1430. The number of imide groups is 1. The summed E-state index contributed by atoms with van der Waals surface area (Å²) in [6, 6.07) is 24.0. The second-order valence-electron chi connectivity index (χ2n) is 9.82. The van der Waals surface area contributed by atoms with Crippen LogP contribution in [0.15, 0.2) is 89.8 Å². The van der Waals surface area contributed by atoms with E-state index >= 15 is 0 Å². The number of urea groups is 1. The van der Waals surface area contributed by atoms with Gasteiger partial charge in [-0.15, -0.1) is 0 Å². The summed E-state index contributed by atoms with van der Waals surface area (Å²) in [4.78, 5) is 40.7. The highest BCUT2D eigenvalue weighted by Crippen LogP contribution is 2.27. The molecule has 0 aromatic heterocycles. The maximum absolute atomic E-state index is 13.7. The highest BCUT2D eigenvalue weighted by Gasteiger charge is 2.51. The van der Waals surface area contributed by atoms with Gasteiger partial charge in [-0.05, 0) is 35.4 Å². The van der Waals surface area contributed by atoms with Crippen molar-refractivity contribution in [3.05, 3.63) is 96.1 Å². The van der Waals surface area contributed by atoms with Crippen molar-refractivity contribution >= 4 is 33.6 Å². The van der Waals surface area contributed by atoms with Gasteiger partial charge in [0, 0.05) is 31.6 Å². The van der Waals surface area contributed by atoms with Gasteiger partial charge in [0.05, 0.1) is 18.1 Å². The molecule has 3 aromatic rings. The minimum Gasteiger partial charge on any atom is -0.379 e. The van der Waals surface area contributed by atoms with Gasteiger partial charge < -0.3 is 15.4 Å². The molecule has 0 saturated carbocycles. The number of hydrogen-bond donors (Lipinski definition) is 2. The number of hydrogen-bond acceptors (Lipinski definition) is 6. The molecule has 2 saturated heterocycles. The zero-order chi connectivity index (χ0) is 28.2. The first-order valence-electron chi connectivity index (χ1n) is 13.0. The lowest BCUT2D eigenvalue weighted by molar-refractivity contribution is -0.133. The second kappa shape index (κ2) is 11.6. The molecule has 3 aromatic carbocycles. The lowest BCUT2D eigenvalue weighted by Crippen LogP contribution is -2.51. The average Bonchev–Trinajstić information content (AvgIpc) is 3.18. The van der Waals surface area contributed by atoms with E-state index in [1.807, 2.05) is 60.7 Å². The molecule has 0 unspecified atom stereocenters. The Kier molecular flexibility index (Phi) is 7.97. The predicted octanol–water partition coefficient (Wildman–Crippen LogP) is 2.42. The quantitative estimate of drug-likeness (QED) is 0.386. The highest BCUT2D eigenvalue weighted by atomic mass is 32.2. The first-order valence-corrected chi connectivity index (χ1v) is 14.4. The van der Waals surface area contributed by atoms with Gasteiger partial charge >= 0.3 is 6.03 Å². The smallest absolute Gasteiger partial charge is 0.325 e. The Morgan fingerprint density at radius 3 is 1.95 bits per heavy atom. The number of sulfonamides is 1. The third-order valence-corrected chi connectivity index (χ3v) is 8.90. The lowest BCUT2D eigenvalue weighted by Gasteiger charge is -2.27. The first kappa shape index (κ1) is 27.5. The van der Waals surface area contributed by atoms with E-state index in [0.29, 0.717) is 18.9 Å². The van der Waals surface area contributed by atoms with Gasteiger partial charge in [0.25, 0.3) is 5.91 Å². The normalized spacial score (nSPS) is 17.4. The van der Waals surface area contributed by atoms with Crippen molar-refractivity contribution in [3.63, 3.8) is 0 Å². The molecular formula is C29H30N4O6S. The van der Waals surface area contributed by atoms with E-state index in [1.54, 1.807) is 0 Å². The summed E-state index contributed by atoms with van der Waals surface area (Å²) in [5.74, 6) is -1.06. The first-order chi connectivity index (χ1) is 19.3. The van der Waals surface area contributed by atoms with Crippen LogP contribution in [0.2, 0.25) is 0 Å². The van der Waals surface area contributed by atoms with Gasteiger partial charge in [-0.3, -0.25) is 14.5 Å². The van der Waals surface area contributed by atoms with E-state index in [4.69, 9.17) is 4.74 Å². The predicted molar refractivity (Wildman–Crippen MR) is 148 cm³/mol. The molecule has 2 aliphatic rings. The van der Waals surface area contributed by atoms with Gasteiger partial charge in [0.15, 0.2) is 0 Å². The van der Waals surface area contributed by atoms with Gasteiger partial charge in [-0.2, -0.15) is 4.31 Å². The zero-order valence-electron chi connectivity index (χ0n) is 21.8. The Morgan fingerprint density at radius 1 is 0.850 bits per heavy atom. The molecule has 2 heterocycles. The molecule has 0 atom stereocenters. The van der Waals surface area contributed by atoms with Crippen LogP contribution in [-0.2, 0) is 37.2 Å². The number of anilines is 1. The van der Waals surface area contributed by atoms with E-state index < -0.39 is 40.0 Å². The van der Waals surface area contributed by atoms with Crippen LogP contribution in [0.5, 0.6) is 0 Å². The number of carbonyl (C=O) groups excluding carboxylic acids is 3. The number of nitrogens with zero attached hydrogens (tertiary/aromatic N) is 2. The van der Waals surface area contributed by atoms with Crippen molar-refractivity contribution in [1.29, 1.82) is 0 Å². The second-order valence-corrected chi connectivity index (χ2v) is 11.8. The van der Waals surface area contributed by atoms with Crippen LogP contribution in [0.1, 0.15) is 11.1 Å². The number of morpholine rings is 1. The Hall–Kier alpha value is -4.06. The number of ether oxygens (including phenoxy) is 1. The molecule has 0 aliphatic carbocycles. The van der Waals surface area contributed by atoms with Crippen LogP contribution in [-0.4, -0.2) is 73.9 Å². The molecule has 208 valence electrons. The van der Waals surface area contributed by atoms with Crippen molar-refractivity contribution in [2.75, 3.05) is 38.2 Å². The van der Waals surface area contributed by atoms with Crippen molar-refractivity contribution < 1.29 is 27.5 Å². The fourth-order valence-corrected chi connectivity index (χ4v) is 6.41. The maximum Gasteiger partial charge on any atom is 0.325 e. The molecule has 4 amide bonds. The van der Waals surface area contributed by atoms with E-state index in [2.05, 4.69) is 10.6 Å². The van der Waals surface area contributed by atoms with Crippen LogP contribution in [0.3, 0.4) is 0 Å². The van der Waals surface area contributed by atoms with Gasteiger partial charge in [0.1, 0.15) is 12.1 Å². The summed E-state index contributed by atoms with van der Waals surface area (Å²) in [6.07, 6.45) is 0.537. The van der Waals surface area contributed by atoms with Crippen LogP contribution < -0.4 is 10.6 Å². The Morgan fingerprint density at radius 2 is 1.40 bits per heavy atom. The number of amides is 4. The number of rotatable bonds is 9. The van der Waals surface area contributed by atoms with Crippen LogP contribution in [0, 0.1) is 0 Å². The zero-order valence-corrected chi connectivity index (χ0v) is 22.6. The molecule has 0 radical (unpaired) electrons. The average molecular weight is 563 g/mol. The topological polar surface area (TPSA) is 125 Å². The number of carbonyl (C=O) groups is 3. The molecule has 2 fully saturated rings. The summed E-state index contributed by atoms with van der Waals surface area (Å²) in [7, 11) is -3.67. The highest BCUT2D eigenvalue weighted by molar-refractivity contribution is 7.89. The van der Waals surface area contributed by atoms with Crippen molar-refractivity contribution in [3.8, 4) is 0 Å². The standard InChI is InChI=1S/C29H30N4O6S/c34-26(30-24-11-13-25(14-12-24)40(37,38)32-15-17-39-18-16-32)21-33-27(35)29(31-28(33)36,19-22-7-3-1-4-8-22)20-23-9-5-2-6-10-23/h1-14H,15-21H2,(H,30,34)(H,31,36). The summed E-state index contributed by atoms with van der Waals surface area (Å²) >= 11 is 0. The molecule has 2 aliphatic heterocycles. The van der Waals surface area contributed by atoms with Crippen LogP contribution in [0.4, 0.5) is 10.5 Å². The van der Waals surface area contributed by atoms with Gasteiger partial charge in [0.2, 0.25) is 15.9 Å². The molecule has 5 rings (SSSR count). The van der Waals surface area contributed by atoms with E-state index in [-0.39, 0.29) is 30.8 Å². The fourth-order valence-electron chi connectivity index (χ4n) is 5.00. The summed E-state index contributed by atoms with van der Waals surface area (Å²) in [6.45, 7) is 0.762. The maximum atomic E-state index is 13.7. The lowest BCUT2D eigenvalue weighted by atomic mass is 9.84. The number of benzene rings is 3. The molecule has 11 heteroatoms. The SMILES string of the molecule is O=C(CN1C(=O)NC(Cc2ccccc2)(Cc2ccccc2)C1=O)Nc1ccc(S(=O)(=O)N2CCOCC2)cc1. The molecular weight excluding hydrogens is 532 g/mol. The summed E-state index contributed by atoms with van der Waals surface area (Å²) in [5.41, 5.74) is 0.865.